The number of hydrogen-bond acceptors (Lipinski definition) is 2. The van der Waals surface area contributed by atoms with Crippen molar-refractivity contribution >= 4 is 0 Å². The normalized spacial score (nSPS) is 13.8. The molecule has 0 heterocycles. The molecule has 0 fully saturated rings. The van der Waals surface area contributed by atoms with Gasteiger partial charge in [-0.25, -0.2) is 0 Å². The highest BCUT2D eigenvalue weighted by Gasteiger charge is 2.11. The Balaban J connectivity index is 3.31. The molecule has 0 aromatic heterocycles. The van der Waals surface area contributed by atoms with E-state index in [1.54, 1.807) is 0 Å². The highest BCUT2D eigenvalue weighted by Crippen LogP contribution is 2.24. The zero-order valence-electron chi connectivity index (χ0n) is 18.9. The Labute approximate surface area is 166 Å². The lowest BCUT2D eigenvalue weighted by molar-refractivity contribution is 0.322. The van der Waals surface area contributed by atoms with E-state index in [4.69, 9.17) is 0 Å². The molecule has 0 aliphatic rings. The first-order valence-electron chi connectivity index (χ1n) is 12.0. The SMILES string of the molecule is CNCCCCCCCCCC(C)C(C)CCCCCCCCCNC. The van der Waals surface area contributed by atoms with Crippen LogP contribution in [-0.4, -0.2) is 27.2 Å². The Bertz CT molecular complexity index is 229. The van der Waals surface area contributed by atoms with E-state index in [0.717, 1.165) is 11.8 Å². The number of hydrogen-bond donors (Lipinski definition) is 2. The highest BCUT2D eigenvalue weighted by molar-refractivity contribution is 4.63. The maximum Gasteiger partial charge on any atom is -0.00519 e. The van der Waals surface area contributed by atoms with Crippen LogP contribution < -0.4 is 10.6 Å². The minimum absolute atomic E-state index is 0.923. The molecule has 0 saturated carbocycles. The van der Waals surface area contributed by atoms with Crippen LogP contribution in [0.5, 0.6) is 0 Å². The van der Waals surface area contributed by atoms with Crippen molar-refractivity contribution in [1.82, 2.24) is 10.6 Å². The Kier molecular flexibility index (Phi) is 21.2. The van der Waals surface area contributed by atoms with Gasteiger partial charge in [0, 0.05) is 0 Å². The van der Waals surface area contributed by atoms with E-state index in [9.17, 15) is 0 Å². The van der Waals surface area contributed by atoms with Crippen molar-refractivity contribution in [3.63, 3.8) is 0 Å². The van der Waals surface area contributed by atoms with Crippen LogP contribution in [0.25, 0.3) is 0 Å². The Morgan fingerprint density at radius 1 is 0.423 bits per heavy atom. The smallest absolute Gasteiger partial charge is 0.00519 e. The topological polar surface area (TPSA) is 24.1 Å². The summed E-state index contributed by atoms with van der Waals surface area (Å²) in [7, 11) is 4.10. The van der Waals surface area contributed by atoms with E-state index in [-0.39, 0.29) is 0 Å². The van der Waals surface area contributed by atoms with Gasteiger partial charge < -0.3 is 10.6 Å². The van der Waals surface area contributed by atoms with Gasteiger partial charge in [-0.05, 0) is 51.9 Å². The molecule has 0 amide bonds. The molecule has 0 spiro atoms. The van der Waals surface area contributed by atoms with E-state index in [2.05, 4.69) is 38.6 Å². The van der Waals surface area contributed by atoms with Crippen molar-refractivity contribution in [1.29, 1.82) is 0 Å². The first-order chi connectivity index (χ1) is 12.7. The Morgan fingerprint density at radius 3 is 1.00 bits per heavy atom. The van der Waals surface area contributed by atoms with Gasteiger partial charge in [0.1, 0.15) is 0 Å². The van der Waals surface area contributed by atoms with Crippen LogP contribution in [0.15, 0.2) is 0 Å². The molecule has 2 unspecified atom stereocenters. The predicted octanol–water partition coefficient (Wildman–Crippen LogP) is 6.94. The summed E-state index contributed by atoms with van der Waals surface area (Å²) < 4.78 is 0. The lowest BCUT2D eigenvalue weighted by Crippen LogP contribution is -2.08. The molecule has 0 aliphatic carbocycles. The van der Waals surface area contributed by atoms with Crippen molar-refractivity contribution in [2.45, 2.75) is 117 Å². The molecular formula is C24H52N2. The first kappa shape index (κ1) is 25.9. The van der Waals surface area contributed by atoms with Gasteiger partial charge in [0.15, 0.2) is 0 Å². The van der Waals surface area contributed by atoms with E-state index in [1.165, 1.54) is 116 Å². The van der Waals surface area contributed by atoms with Gasteiger partial charge in [-0.15, -0.1) is 0 Å². The van der Waals surface area contributed by atoms with Crippen LogP contribution in [0.3, 0.4) is 0 Å². The molecular weight excluding hydrogens is 316 g/mol. The van der Waals surface area contributed by atoms with E-state index in [0.29, 0.717) is 0 Å². The van der Waals surface area contributed by atoms with Gasteiger partial charge in [0.2, 0.25) is 0 Å². The van der Waals surface area contributed by atoms with Crippen LogP contribution in [0.2, 0.25) is 0 Å². The third-order valence-corrected chi connectivity index (χ3v) is 6.14. The predicted molar refractivity (Wildman–Crippen MR) is 120 cm³/mol. The van der Waals surface area contributed by atoms with Crippen LogP contribution in [0.1, 0.15) is 117 Å². The monoisotopic (exact) mass is 368 g/mol. The fourth-order valence-corrected chi connectivity index (χ4v) is 3.87. The second-order valence-electron chi connectivity index (χ2n) is 8.69. The quantitative estimate of drug-likeness (QED) is 0.214. The molecule has 2 nitrogen and oxygen atoms in total. The van der Waals surface area contributed by atoms with Crippen molar-refractivity contribution in [3.05, 3.63) is 0 Å². The van der Waals surface area contributed by atoms with E-state index < -0.39 is 0 Å². The Morgan fingerprint density at radius 2 is 0.692 bits per heavy atom. The van der Waals surface area contributed by atoms with Crippen LogP contribution in [-0.2, 0) is 0 Å². The third-order valence-electron chi connectivity index (χ3n) is 6.14. The summed E-state index contributed by atoms with van der Waals surface area (Å²) in [6, 6.07) is 0. The van der Waals surface area contributed by atoms with Gasteiger partial charge in [-0.1, -0.05) is 104 Å². The average Bonchev–Trinajstić information content (AvgIpc) is 2.65. The molecule has 0 aliphatic heterocycles. The van der Waals surface area contributed by atoms with Gasteiger partial charge in [0.25, 0.3) is 0 Å². The lowest BCUT2D eigenvalue weighted by Gasteiger charge is -2.19. The Hall–Kier alpha value is -0.0800. The fourth-order valence-electron chi connectivity index (χ4n) is 3.87. The van der Waals surface area contributed by atoms with Gasteiger partial charge in [-0.2, -0.15) is 0 Å². The van der Waals surface area contributed by atoms with Gasteiger partial charge in [-0.3, -0.25) is 0 Å². The number of nitrogens with one attached hydrogen (secondary N) is 2. The van der Waals surface area contributed by atoms with Gasteiger partial charge in [0.05, 0.1) is 0 Å². The summed E-state index contributed by atoms with van der Waals surface area (Å²) >= 11 is 0. The molecule has 0 radical (unpaired) electrons. The maximum absolute atomic E-state index is 3.23. The third kappa shape index (κ3) is 18.7. The van der Waals surface area contributed by atoms with Crippen LogP contribution >= 0.6 is 0 Å². The second-order valence-corrected chi connectivity index (χ2v) is 8.69. The summed E-state index contributed by atoms with van der Waals surface area (Å²) in [6.07, 6.45) is 22.9. The molecule has 158 valence electrons. The van der Waals surface area contributed by atoms with Crippen molar-refractivity contribution in [2.24, 2.45) is 11.8 Å². The molecule has 2 heteroatoms. The molecule has 26 heavy (non-hydrogen) atoms. The number of unbranched alkanes of at least 4 members (excludes halogenated alkanes) is 12. The zero-order valence-corrected chi connectivity index (χ0v) is 18.9. The summed E-state index contributed by atoms with van der Waals surface area (Å²) in [5.41, 5.74) is 0. The molecule has 2 N–H and O–H groups in total. The molecule has 0 bridgehead atoms. The standard InChI is InChI=1S/C24H52N2/c1-23(19-15-11-7-5-9-13-17-21-25-3)24(2)20-16-12-8-6-10-14-18-22-26-4/h23-26H,5-22H2,1-4H3. The zero-order chi connectivity index (χ0) is 19.3. The summed E-state index contributed by atoms with van der Waals surface area (Å²) in [4.78, 5) is 0. The maximum atomic E-state index is 3.23. The van der Waals surface area contributed by atoms with E-state index in [1.807, 2.05) is 0 Å². The lowest BCUT2D eigenvalue weighted by atomic mass is 9.86. The van der Waals surface area contributed by atoms with Gasteiger partial charge >= 0.3 is 0 Å². The average molecular weight is 369 g/mol. The minimum atomic E-state index is 0.923. The molecule has 2 atom stereocenters. The number of rotatable bonds is 21. The second kappa shape index (κ2) is 21.2. The summed E-state index contributed by atoms with van der Waals surface area (Å²) in [5, 5.41) is 6.47. The molecule has 0 aromatic rings. The fraction of sp³-hybridized carbons (Fsp3) is 1.00. The van der Waals surface area contributed by atoms with Crippen molar-refractivity contribution < 1.29 is 0 Å². The largest absolute Gasteiger partial charge is 0.320 e. The molecule has 0 saturated heterocycles. The van der Waals surface area contributed by atoms with Crippen LogP contribution in [0, 0.1) is 11.8 Å². The first-order valence-corrected chi connectivity index (χ1v) is 12.0. The summed E-state index contributed by atoms with van der Waals surface area (Å²) in [6.45, 7) is 7.35. The minimum Gasteiger partial charge on any atom is -0.320 e. The van der Waals surface area contributed by atoms with Crippen molar-refractivity contribution in [2.75, 3.05) is 27.2 Å². The van der Waals surface area contributed by atoms with Crippen LogP contribution in [0.4, 0.5) is 0 Å². The summed E-state index contributed by atoms with van der Waals surface area (Å²) in [5.74, 6) is 1.85. The van der Waals surface area contributed by atoms with Crippen molar-refractivity contribution in [3.8, 4) is 0 Å². The van der Waals surface area contributed by atoms with E-state index >= 15 is 0 Å². The highest BCUT2D eigenvalue weighted by atomic mass is 14.8. The molecule has 0 rings (SSSR count). The molecule has 0 aromatic carbocycles.